The molecule has 0 N–H and O–H groups in total. The molecule has 0 heterocycles. The predicted octanol–water partition coefficient (Wildman–Crippen LogP) is 4.58. The van der Waals surface area contributed by atoms with E-state index >= 15 is 0 Å². The zero-order valence-corrected chi connectivity index (χ0v) is 10.6. The van der Waals surface area contributed by atoms with Gasteiger partial charge in [-0.25, -0.2) is 0 Å². The lowest BCUT2D eigenvalue weighted by Gasteiger charge is -2.04. The molecular formula is C13H8BrClO. The Morgan fingerprint density at radius 3 is 2.25 bits per heavy atom. The summed E-state index contributed by atoms with van der Waals surface area (Å²) in [5, 5.41) is 0.482. The molecule has 0 bridgehead atoms. The van der Waals surface area contributed by atoms with Crippen molar-refractivity contribution in [1.82, 2.24) is 0 Å². The van der Waals surface area contributed by atoms with E-state index in [2.05, 4.69) is 15.9 Å². The summed E-state index contributed by atoms with van der Waals surface area (Å²) in [6, 6.07) is 13.3. The Kier molecular flexibility index (Phi) is 3.42. The summed E-state index contributed by atoms with van der Waals surface area (Å²) in [5.41, 5.74) is 2.56. The minimum Gasteiger partial charge on any atom is -0.298 e. The number of aldehydes is 1. The van der Waals surface area contributed by atoms with Gasteiger partial charge in [0.2, 0.25) is 0 Å². The van der Waals surface area contributed by atoms with E-state index in [0.717, 1.165) is 21.9 Å². The molecule has 1 nitrogen and oxygen atoms in total. The van der Waals surface area contributed by atoms with Crippen LogP contribution in [-0.4, -0.2) is 6.29 Å². The molecule has 0 unspecified atom stereocenters. The summed E-state index contributed by atoms with van der Waals surface area (Å²) in [6.07, 6.45) is 0.769. The Morgan fingerprint density at radius 1 is 1.00 bits per heavy atom. The Hall–Kier alpha value is -1.12. The van der Waals surface area contributed by atoms with Gasteiger partial charge in [0.05, 0.1) is 5.02 Å². The average Bonchev–Trinajstić information content (AvgIpc) is 2.31. The van der Waals surface area contributed by atoms with Crippen LogP contribution in [-0.2, 0) is 0 Å². The molecule has 2 rings (SSSR count). The van der Waals surface area contributed by atoms with Crippen LogP contribution in [0.5, 0.6) is 0 Å². The first-order valence-electron chi connectivity index (χ1n) is 4.71. The standard InChI is InChI=1S/C13H8BrClO/c14-12-4-1-9(2-5-12)10-3-6-13(15)11(7-10)8-16/h1-8H. The first-order chi connectivity index (χ1) is 7.70. The third kappa shape index (κ3) is 2.34. The molecule has 0 fully saturated rings. The number of halogens is 2. The van der Waals surface area contributed by atoms with Crippen molar-refractivity contribution in [2.75, 3.05) is 0 Å². The van der Waals surface area contributed by atoms with Crippen LogP contribution in [0.4, 0.5) is 0 Å². The summed E-state index contributed by atoms with van der Waals surface area (Å²) in [5.74, 6) is 0. The highest BCUT2D eigenvalue weighted by Gasteiger charge is 2.02. The Bertz CT molecular complexity index is 520. The molecular weight excluding hydrogens is 287 g/mol. The molecule has 0 atom stereocenters. The minimum atomic E-state index is 0.482. The van der Waals surface area contributed by atoms with E-state index in [4.69, 9.17) is 11.6 Å². The topological polar surface area (TPSA) is 17.1 Å². The highest BCUT2D eigenvalue weighted by Crippen LogP contribution is 2.25. The first kappa shape index (κ1) is 11.4. The van der Waals surface area contributed by atoms with E-state index in [1.54, 1.807) is 12.1 Å². The molecule has 3 heteroatoms. The number of hydrogen-bond acceptors (Lipinski definition) is 1. The predicted molar refractivity (Wildman–Crippen MR) is 70.0 cm³/mol. The van der Waals surface area contributed by atoms with Crippen molar-refractivity contribution in [3.05, 3.63) is 57.5 Å². The van der Waals surface area contributed by atoms with Gasteiger partial charge < -0.3 is 0 Å². The molecule has 0 saturated heterocycles. The van der Waals surface area contributed by atoms with Crippen molar-refractivity contribution < 1.29 is 4.79 Å². The van der Waals surface area contributed by atoms with Crippen LogP contribution in [0, 0.1) is 0 Å². The monoisotopic (exact) mass is 294 g/mol. The summed E-state index contributed by atoms with van der Waals surface area (Å²) in [4.78, 5) is 10.8. The SMILES string of the molecule is O=Cc1cc(-c2ccc(Br)cc2)ccc1Cl. The molecule has 16 heavy (non-hydrogen) atoms. The van der Waals surface area contributed by atoms with E-state index in [1.807, 2.05) is 30.3 Å². The molecule has 0 amide bonds. The van der Waals surface area contributed by atoms with Crippen molar-refractivity contribution in [1.29, 1.82) is 0 Å². The molecule has 0 aliphatic carbocycles. The van der Waals surface area contributed by atoms with E-state index in [1.165, 1.54) is 0 Å². The lowest BCUT2D eigenvalue weighted by atomic mass is 10.0. The van der Waals surface area contributed by atoms with E-state index in [-0.39, 0.29) is 0 Å². The first-order valence-corrected chi connectivity index (χ1v) is 5.88. The van der Waals surface area contributed by atoms with Gasteiger partial charge in [-0.1, -0.05) is 45.7 Å². The van der Waals surface area contributed by atoms with Gasteiger partial charge in [0, 0.05) is 10.0 Å². The van der Waals surface area contributed by atoms with Gasteiger partial charge in [0.25, 0.3) is 0 Å². The van der Waals surface area contributed by atoms with Crippen molar-refractivity contribution in [3.8, 4) is 11.1 Å². The Morgan fingerprint density at radius 2 is 1.62 bits per heavy atom. The number of benzene rings is 2. The van der Waals surface area contributed by atoms with Crippen molar-refractivity contribution in [2.24, 2.45) is 0 Å². The summed E-state index contributed by atoms with van der Waals surface area (Å²) in [7, 11) is 0. The van der Waals surface area contributed by atoms with Crippen molar-refractivity contribution in [3.63, 3.8) is 0 Å². The van der Waals surface area contributed by atoms with Crippen LogP contribution < -0.4 is 0 Å². The smallest absolute Gasteiger partial charge is 0.151 e. The number of hydrogen-bond donors (Lipinski definition) is 0. The largest absolute Gasteiger partial charge is 0.298 e. The fraction of sp³-hybridized carbons (Fsp3) is 0. The number of carbonyl (C=O) groups is 1. The summed E-state index contributed by atoms with van der Waals surface area (Å²) in [6.45, 7) is 0. The maximum absolute atomic E-state index is 10.8. The van der Waals surface area contributed by atoms with Crippen LogP contribution in [0.25, 0.3) is 11.1 Å². The molecule has 0 aliphatic heterocycles. The second-order valence-corrected chi connectivity index (χ2v) is 4.68. The second kappa shape index (κ2) is 4.81. The Labute approximate surface area is 107 Å². The van der Waals surface area contributed by atoms with Crippen LogP contribution in [0.15, 0.2) is 46.9 Å². The van der Waals surface area contributed by atoms with Gasteiger partial charge in [-0.15, -0.1) is 0 Å². The molecule has 0 spiro atoms. The fourth-order valence-corrected chi connectivity index (χ4v) is 1.88. The van der Waals surface area contributed by atoms with E-state index < -0.39 is 0 Å². The quantitative estimate of drug-likeness (QED) is 0.741. The summed E-state index contributed by atoms with van der Waals surface area (Å²) < 4.78 is 1.03. The third-order valence-corrected chi connectivity index (χ3v) is 3.17. The van der Waals surface area contributed by atoms with Gasteiger partial charge in [-0.3, -0.25) is 4.79 Å². The maximum Gasteiger partial charge on any atom is 0.151 e. The molecule has 80 valence electrons. The zero-order valence-electron chi connectivity index (χ0n) is 8.28. The molecule has 2 aromatic rings. The van der Waals surface area contributed by atoms with E-state index in [0.29, 0.717) is 10.6 Å². The lowest BCUT2D eigenvalue weighted by Crippen LogP contribution is -1.84. The molecule has 2 aromatic carbocycles. The van der Waals surface area contributed by atoms with Crippen LogP contribution in [0.2, 0.25) is 5.02 Å². The normalized spacial score (nSPS) is 10.1. The highest BCUT2D eigenvalue weighted by atomic mass is 79.9. The highest BCUT2D eigenvalue weighted by molar-refractivity contribution is 9.10. The van der Waals surface area contributed by atoms with Crippen LogP contribution in [0.3, 0.4) is 0 Å². The van der Waals surface area contributed by atoms with Gasteiger partial charge in [0.15, 0.2) is 6.29 Å². The third-order valence-electron chi connectivity index (χ3n) is 2.30. The van der Waals surface area contributed by atoms with Gasteiger partial charge >= 0.3 is 0 Å². The molecule has 0 saturated carbocycles. The molecule has 0 aliphatic rings. The summed E-state index contributed by atoms with van der Waals surface area (Å²) >= 11 is 9.25. The van der Waals surface area contributed by atoms with Gasteiger partial charge in [0.1, 0.15) is 0 Å². The molecule has 0 radical (unpaired) electrons. The number of carbonyl (C=O) groups excluding carboxylic acids is 1. The lowest BCUT2D eigenvalue weighted by molar-refractivity contribution is 0.112. The van der Waals surface area contributed by atoms with Gasteiger partial charge in [-0.05, 0) is 35.4 Å². The van der Waals surface area contributed by atoms with Gasteiger partial charge in [-0.2, -0.15) is 0 Å². The zero-order chi connectivity index (χ0) is 11.5. The van der Waals surface area contributed by atoms with Crippen LogP contribution in [0.1, 0.15) is 10.4 Å². The average molecular weight is 296 g/mol. The fourth-order valence-electron chi connectivity index (χ4n) is 1.46. The number of rotatable bonds is 2. The maximum atomic E-state index is 10.8. The van der Waals surface area contributed by atoms with Crippen molar-refractivity contribution >= 4 is 33.8 Å². The van der Waals surface area contributed by atoms with E-state index in [9.17, 15) is 4.79 Å². The van der Waals surface area contributed by atoms with Crippen molar-refractivity contribution in [2.45, 2.75) is 0 Å². The Balaban J connectivity index is 2.48. The molecule has 0 aromatic heterocycles. The van der Waals surface area contributed by atoms with Crippen LogP contribution >= 0.6 is 27.5 Å². The minimum absolute atomic E-state index is 0.482. The second-order valence-electron chi connectivity index (χ2n) is 3.36.